The van der Waals surface area contributed by atoms with E-state index in [9.17, 15) is 9.59 Å². The van der Waals surface area contributed by atoms with Crippen LogP contribution in [0.5, 0.6) is 0 Å². The fourth-order valence-corrected chi connectivity index (χ4v) is 2.22. The van der Waals surface area contributed by atoms with Crippen molar-refractivity contribution in [3.05, 3.63) is 48.0 Å². The van der Waals surface area contributed by atoms with E-state index < -0.39 is 18.0 Å². The molecule has 0 bridgehead atoms. The van der Waals surface area contributed by atoms with Crippen LogP contribution in [0, 0.1) is 6.92 Å². The largest absolute Gasteiger partial charge is 0.453 e. The second kappa shape index (κ2) is 8.26. The van der Waals surface area contributed by atoms with Gasteiger partial charge in [0.1, 0.15) is 5.76 Å². The van der Waals surface area contributed by atoms with Gasteiger partial charge in [-0.15, -0.1) is 10.2 Å². The molecule has 1 atom stereocenters. The summed E-state index contributed by atoms with van der Waals surface area (Å²) in [6.45, 7) is 3.17. The molecular formula is C18H18N4O5. The zero-order valence-corrected chi connectivity index (χ0v) is 14.8. The Balaban J connectivity index is 1.46. The molecule has 0 fully saturated rings. The Kier molecular flexibility index (Phi) is 5.60. The molecule has 0 aliphatic carbocycles. The van der Waals surface area contributed by atoms with E-state index in [1.54, 1.807) is 13.0 Å². The number of nitrogens with one attached hydrogen (secondary N) is 1. The molecule has 2 heterocycles. The van der Waals surface area contributed by atoms with Crippen molar-refractivity contribution in [1.29, 1.82) is 0 Å². The third-order valence-electron chi connectivity index (χ3n) is 3.59. The highest BCUT2D eigenvalue weighted by Gasteiger charge is 2.20. The van der Waals surface area contributed by atoms with Crippen LogP contribution in [0.15, 0.2) is 45.3 Å². The third-order valence-corrected chi connectivity index (χ3v) is 3.59. The summed E-state index contributed by atoms with van der Waals surface area (Å²) in [5, 5.41) is 14.0. The molecule has 140 valence electrons. The van der Waals surface area contributed by atoms with E-state index in [4.69, 9.17) is 13.7 Å². The number of aryl methyl sites for hydroxylation is 2. The number of amides is 1. The summed E-state index contributed by atoms with van der Waals surface area (Å²) in [4.78, 5) is 23.9. The Morgan fingerprint density at radius 1 is 1.22 bits per heavy atom. The Morgan fingerprint density at radius 2 is 2.00 bits per heavy atom. The summed E-state index contributed by atoms with van der Waals surface area (Å²) < 4.78 is 15.5. The van der Waals surface area contributed by atoms with Gasteiger partial charge in [0.05, 0.1) is 6.42 Å². The maximum absolute atomic E-state index is 12.0. The van der Waals surface area contributed by atoms with Gasteiger partial charge in [0.15, 0.2) is 11.9 Å². The van der Waals surface area contributed by atoms with E-state index in [0.717, 1.165) is 5.56 Å². The number of carbonyl (C=O) groups is 2. The number of hydrogen-bond donors (Lipinski definition) is 1. The Hall–Kier alpha value is -3.49. The van der Waals surface area contributed by atoms with E-state index in [0.29, 0.717) is 17.5 Å². The van der Waals surface area contributed by atoms with Gasteiger partial charge >= 0.3 is 5.97 Å². The number of esters is 1. The summed E-state index contributed by atoms with van der Waals surface area (Å²) in [6.07, 6.45) is -0.746. The molecule has 2 aromatic heterocycles. The topological polar surface area (TPSA) is 120 Å². The van der Waals surface area contributed by atoms with E-state index in [-0.39, 0.29) is 18.7 Å². The number of aromatic nitrogens is 3. The molecule has 0 aliphatic heterocycles. The molecule has 1 amide bonds. The molecule has 0 aliphatic rings. The first-order valence-corrected chi connectivity index (χ1v) is 8.33. The molecule has 0 saturated carbocycles. The van der Waals surface area contributed by atoms with Gasteiger partial charge in [-0.2, -0.15) is 0 Å². The van der Waals surface area contributed by atoms with Crippen LogP contribution >= 0.6 is 0 Å². The molecule has 27 heavy (non-hydrogen) atoms. The van der Waals surface area contributed by atoms with Gasteiger partial charge in [-0.05, 0) is 26.0 Å². The zero-order valence-electron chi connectivity index (χ0n) is 14.8. The molecule has 1 aromatic carbocycles. The van der Waals surface area contributed by atoms with Crippen molar-refractivity contribution in [1.82, 2.24) is 15.4 Å². The minimum Gasteiger partial charge on any atom is -0.453 e. The quantitative estimate of drug-likeness (QED) is 0.630. The second-order valence-electron chi connectivity index (χ2n) is 5.81. The van der Waals surface area contributed by atoms with E-state index in [1.165, 1.54) is 6.92 Å². The van der Waals surface area contributed by atoms with E-state index >= 15 is 0 Å². The van der Waals surface area contributed by atoms with Crippen molar-refractivity contribution in [2.75, 3.05) is 5.32 Å². The van der Waals surface area contributed by atoms with Crippen LogP contribution in [0.3, 0.4) is 0 Å². The number of rotatable bonds is 7. The fourth-order valence-electron chi connectivity index (χ4n) is 2.22. The lowest BCUT2D eigenvalue weighted by Gasteiger charge is -2.11. The van der Waals surface area contributed by atoms with Crippen LogP contribution in [0.4, 0.5) is 5.82 Å². The van der Waals surface area contributed by atoms with Crippen LogP contribution in [0.25, 0.3) is 11.5 Å². The van der Waals surface area contributed by atoms with Gasteiger partial charge in [-0.3, -0.25) is 9.59 Å². The lowest BCUT2D eigenvalue weighted by Crippen LogP contribution is -2.30. The van der Waals surface area contributed by atoms with E-state index in [2.05, 4.69) is 20.7 Å². The number of anilines is 1. The molecule has 1 unspecified atom stereocenters. The molecule has 0 radical (unpaired) electrons. The normalized spacial score (nSPS) is 11.8. The SMILES string of the molecule is Cc1cc(NC(=O)C(C)OC(=O)CCc2nnc(-c3ccccc3)o2)no1. The lowest BCUT2D eigenvalue weighted by atomic mass is 10.2. The standard InChI is InChI=1S/C18H18N4O5/c1-11-10-14(22-27-11)19-17(24)12(2)25-16(23)9-8-15-20-21-18(26-15)13-6-4-3-5-7-13/h3-7,10,12H,8-9H2,1-2H3,(H,19,22,24). The predicted molar refractivity (Wildman–Crippen MR) is 93.5 cm³/mol. The predicted octanol–water partition coefficient (Wildman–Crippen LogP) is 2.54. The van der Waals surface area contributed by atoms with Gasteiger partial charge in [0, 0.05) is 18.1 Å². The minimum absolute atomic E-state index is 0.0110. The maximum Gasteiger partial charge on any atom is 0.307 e. The van der Waals surface area contributed by atoms with Crippen molar-refractivity contribution in [2.45, 2.75) is 32.8 Å². The lowest BCUT2D eigenvalue weighted by molar-refractivity contribution is -0.153. The van der Waals surface area contributed by atoms with Crippen molar-refractivity contribution < 1.29 is 23.3 Å². The van der Waals surface area contributed by atoms with Gasteiger partial charge < -0.3 is 19.0 Å². The van der Waals surface area contributed by atoms with Crippen LogP contribution in [-0.2, 0) is 20.7 Å². The summed E-state index contributed by atoms with van der Waals surface area (Å²) in [6, 6.07) is 10.9. The number of nitrogens with zero attached hydrogens (tertiary/aromatic N) is 3. The maximum atomic E-state index is 12.0. The smallest absolute Gasteiger partial charge is 0.307 e. The first-order chi connectivity index (χ1) is 13.0. The highest BCUT2D eigenvalue weighted by Crippen LogP contribution is 2.17. The average molecular weight is 370 g/mol. The van der Waals surface area contributed by atoms with Crippen LogP contribution < -0.4 is 5.32 Å². The van der Waals surface area contributed by atoms with Gasteiger partial charge in [-0.25, -0.2) is 0 Å². The summed E-state index contributed by atoms with van der Waals surface area (Å²) >= 11 is 0. The molecular weight excluding hydrogens is 352 g/mol. The molecule has 9 nitrogen and oxygen atoms in total. The van der Waals surface area contributed by atoms with Gasteiger partial charge in [0.2, 0.25) is 11.8 Å². The Labute approximate surface area is 154 Å². The third kappa shape index (κ3) is 5.00. The number of hydrogen-bond acceptors (Lipinski definition) is 8. The monoisotopic (exact) mass is 370 g/mol. The number of benzene rings is 1. The number of ether oxygens (including phenoxy) is 1. The Morgan fingerprint density at radius 3 is 2.70 bits per heavy atom. The molecule has 3 rings (SSSR count). The second-order valence-corrected chi connectivity index (χ2v) is 5.81. The molecule has 9 heteroatoms. The van der Waals surface area contributed by atoms with Crippen LogP contribution in [-0.4, -0.2) is 33.3 Å². The highest BCUT2D eigenvalue weighted by atomic mass is 16.5. The van der Waals surface area contributed by atoms with Gasteiger partial charge in [-0.1, -0.05) is 23.4 Å². The van der Waals surface area contributed by atoms with E-state index in [1.807, 2.05) is 30.3 Å². The number of carbonyl (C=O) groups excluding carboxylic acids is 2. The van der Waals surface area contributed by atoms with Crippen molar-refractivity contribution in [2.24, 2.45) is 0 Å². The summed E-state index contributed by atoms with van der Waals surface area (Å²) in [5.41, 5.74) is 0.798. The first kappa shape index (κ1) is 18.3. The molecule has 1 N–H and O–H groups in total. The Bertz CT molecular complexity index is 919. The fraction of sp³-hybridized carbons (Fsp3) is 0.278. The molecule has 0 saturated heterocycles. The van der Waals surface area contributed by atoms with Crippen molar-refractivity contribution in [3.63, 3.8) is 0 Å². The van der Waals surface area contributed by atoms with Crippen LogP contribution in [0.1, 0.15) is 25.0 Å². The first-order valence-electron chi connectivity index (χ1n) is 8.33. The molecule has 0 spiro atoms. The minimum atomic E-state index is -0.975. The van der Waals surface area contributed by atoms with Crippen molar-refractivity contribution >= 4 is 17.7 Å². The summed E-state index contributed by atoms with van der Waals surface area (Å²) in [7, 11) is 0. The van der Waals surface area contributed by atoms with Crippen molar-refractivity contribution in [3.8, 4) is 11.5 Å². The van der Waals surface area contributed by atoms with Crippen LogP contribution in [0.2, 0.25) is 0 Å². The van der Waals surface area contributed by atoms with Gasteiger partial charge in [0.25, 0.3) is 5.91 Å². The summed E-state index contributed by atoms with van der Waals surface area (Å²) in [5.74, 6) is 0.480. The molecule has 3 aromatic rings. The zero-order chi connectivity index (χ0) is 19.2. The average Bonchev–Trinajstić information content (AvgIpc) is 3.29. The highest BCUT2D eigenvalue weighted by molar-refractivity contribution is 5.94.